The molecule has 0 aromatic carbocycles. The Labute approximate surface area is 133 Å². The predicted octanol–water partition coefficient (Wildman–Crippen LogP) is 0.662. The number of hydrogen-bond acceptors (Lipinski definition) is 6. The van der Waals surface area contributed by atoms with Crippen LogP contribution in [0.1, 0.15) is 5.69 Å². The van der Waals surface area contributed by atoms with Crippen LogP contribution in [0.15, 0.2) is 34.3 Å². The molecule has 7 heteroatoms. The largest absolute Gasteiger partial charge is 0.395 e. The zero-order valence-corrected chi connectivity index (χ0v) is 13.0. The minimum absolute atomic E-state index is 0.186. The number of carbonyl (C=O) groups excluding carboxylic acids is 1. The molecule has 0 bridgehead atoms. The topological polar surface area (TPSA) is 69.0 Å². The molecule has 6 nitrogen and oxygen atoms in total. The summed E-state index contributed by atoms with van der Waals surface area (Å²) in [5.74, 6) is -0.191. The van der Waals surface area contributed by atoms with Crippen LogP contribution in [0.25, 0.3) is 6.08 Å². The van der Waals surface area contributed by atoms with Crippen molar-refractivity contribution in [3.05, 3.63) is 35.0 Å². The van der Waals surface area contributed by atoms with Crippen LogP contribution in [0.4, 0.5) is 0 Å². The Morgan fingerprint density at radius 3 is 2.77 bits per heavy atom. The van der Waals surface area contributed by atoms with Gasteiger partial charge in [0.1, 0.15) is 0 Å². The molecule has 22 heavy (non-hydrogen) atoms. The van der Waals surface area contributed by atoms with Crippen LogP contribution in [0, 0.1) is 0 Å². The molecule has 0 atom stereocenters. The maximum absolute atomic E-state index is 12.0. The molecule has 2 aliphatic heterocycles. The molecule has 0 radical (unpaired) electrons. The van der Waals surface area contributed by atoms with Gasteiger partial charge in [0.05, 0.1) is 17.2 Å². The van der Waals surface area contributed by atoms with Crippen molar-refractivity contribution < 1.29 is 9.90 Å². The van der Waals surface area contributed by atoms with Crippen molar-refractivity contribution in [3.63, 3.8) is 0 Å². The maximum Gasteiger partial charge on any atom is 0.286 e. The lowest BCUT2D eigenvalue weighted by molar-refractivity contribution is -0.113. The van der Waals surface area contributed by atoms with Gasteiger partial charge in [0.25, 0.3) is 5.91 Å². The Morgan fingerprint density at radius 2 is 2.09 bits per heavy atom. The van der Waals surface area contributed by atoms with Crippen LogP contribution in [0.5, 0.6) is 0 Å². The van der Waals surface area contributed by atoms with Crippen molar-refractivity contribution in [2.45, 2.75) is 0 Å². The molecule has 1 saturated heterocycles. The smallest absolute Gasteiger partial charge is 0.286 e. The summed E-state index contributed by atoms with van der Waals surface area (Å²) in [5.41, 5.74) is 0.766. The minimum atomic E-state index is -0.191. The number of nitrogens with zero attached hydrogens (tertiary/aromatic N) is 4. The number of aliphatic hydroxyl groups excluding tert-OH is 1. The van der Waals surface area contributed by atoms with Crippen molar-refractivity contribution in [3.8, 4) is 0 Å². The fourth-order valence-corrected chi connectivity index (χ4v) is 3.38. The first kappa shape index (κ1) is 15.2. The Balaban J connectivity index is 1.62. The van der Waals surface area contributed by atoms with Crippen LogP contribution in [-0.4, -0.2) is 70.3 Å². The summed E-state index contributed by atoms with van der Waals surface area (Å²) < 4.78 is 0. The lowest BCUT2D eigenvalue weighted by atomic mass is 10.3. The van der Waals surface area contributed by atoms with E-state index in [9.17, 15) is 4.79 Å². The van der Waals surface area contributed by atoms with E-state index in [4.69, 9.17) is 5.11 Å². The zero-order chi connectivity index (χ0) is 15.4. The molecule has 1 aromatic rings. The average molecular weight is 318 g/mol. The van der Waals surface area contributed by atoms with E-state index in [2.05, 4.69) is 19.8 Å². The molecule has 3 rings (SSSR count). The summed E-state index contributed by atoms with van der Waals surface area (Å²) in [7, 11) is 0. The van der Waals surface area contributed by atoms with E-state index in [1.54, 1.807) is 12.3 Å². The van der Waals surface area contributed by atoms with E-state index < -0.39 is 0 Å². The highest BCUT2D eigenvalue weighted by Crippen LogP contribution is 2.30. The standard InChI is InChI=1S/C15H18N4O2S/c20-10-9-18-5-7-19(8-6-18)15-17-14(21)13(22-15)11-12-3-1-2-4-16-12/h1-4,11,20H,5-10H2/b13-11-. The van der Waals surface area contributed by atoms with Crippen LogP contribution in [0.3, 0.4) is 0 Å². The summed E-state index contributed by atoms with van der Waals surface area (Å²) in [5, 5.41) is 9.74. The zero-order valence-electron chi connectivity index (χ0n) is 12.2. The second-order valence-corrected chi connectivity index (χ2v) is 6.13. The van der Waals surface area contributed by atoms with Crippen LogP contribution in [0.2, 0.25) is 0 Å². The van der Waals surface area contributed by atoms with Gasteiger partial charge in [-0.1, -0.05) is 6.07 Å². The van der Waals surface area contributed by atoms with Crippen LogP contribution >= 0.6 is 11.8 Å². The van der Waals surface area contributed by atoms with Gasteiger partial charge < -0.3 is 10.0 Å². The first-order valence-corrected chi connectivity index (χ1v) is 8.09. The molecule has 0 aliphatic carbocycles. The third kappa shape index (κ3) is 3.55. The Bertz CT molecular complexity index is 595. The summed E-state index contributed by atoms with van der Waals surface area (Å²) in [4.78, 5) is 25.4. The van der Waals surface area contributed by atoms with E-state index in [0.29, 0.717) is 11.4 Å². The number of amides is 1. The average Bonchev–Trinajstić information content (AvgIpc) is 2.90. The second kappa shape index (κ2) is 7.04. The first-order chi connectivity index (χ1) is 10.8. The molecule has 0 unspecified atom stereocenters. The van der Waals surface area contributed by atoms with E-state index >= 15 is 0 Å². The summed E-state index contributed by atoms with van der Waals surface area (Å²) in [6.45, 7) is 4.32. The number of aromatic nitrogens is 1. The number of rotatable bonds is 3. The third-order valence-corrected chi connectivity index (χ3v) is 4.68. The molecule has 116 valence electrons. The van der Waals surface area contributed by atoms with Gasteiger partial charge in [-0.25, -0.2) is 0 Å². The Kier molecular flexibility index (Phi) is 4.87. The van der Waals surface area contributed by atoms with Gasteiger partial charge >= 0.3 is 0 Å². The molecule has 1 fully saturated rings. The van der Waals surface area contributed by atoms with E-state index in [1.807, 2.05) is 18.2 Å². The molecule has 1 N–H and O–H groups in total. The lowest BCUT2D eigenvalue weighted by Gasteiger charge is -2.34. The van der Waals surface area contributed by atoms with E-state index in [0.717, 1.165) is 37.0 Å². The number of piperazine rings is 1. The van der Waals surface area contributed by atoms with Gasteiger partial charge in [-0.3, -0.25) is 14.7 Å². The molecular formula is C15H18N4O2S. The minimum Gasteiger partial charge on any atom is -0.395 e. The molecule has 3 heterocycles. The van der Waals surface area contributed by atoms with Crippen molar-refractivity contribution in [2.75, 3.05) is 39.3 Å². The quantitative estimate of drug-likeness (QED) is 0.826. The highest BCUT2D eigenvalue weighted by atomic mass is 32.2. The van der Waals surface area contributed by atoms with Crippen LogP contribution < -0.4 is 0 Å². The predicted molar refractivity (Wildman–Crippen MR) is 87.3 cm³/mol. The fourth-order valence-electron chi connectivity index (χ4n) is 2.43. The van der Waals surface area contributed by atoms with Gasteiger partial charge in [-0.05, 0) is 30.0 Å². The van der Waals surface area contributed by atoms with Crippen LogP contribution in [-0.2, 0) is 4.79 Å². The third-order valence-electron chi connectivity index (χ3n) is 3.64. The summed E-state index contributed by atoms with van der Waals surface area (Å²) in [6.07, 6.45) is 3.49. The molecule has 2 aliphatic rings. The molecule has 1 amide bonds. The molecular weight excluding hydrogens is 300 g/mol. The van der Waals surface area contributed by atoms with Crippen molar-refractivity contribution >= 4 is 28.9 Å². The molecule has 1 aromatic heterocycles. The van der Waals surface area contributed by atoms with Gasteiger partial charge in [-0.15, -0.1) is 0 Å². The van der Waals surface area contributed by atoms with Gasteiger partial charge in [0.2, 0.25) is 0 Å². The normalized spacial score (nSPS) is 21.5. The first-order valence-electron chi connectivity index (χ1n) is 7.28. The summed E-state index contributed by atoms with van der Waals surface area (Å²) in [6, 6.07) is 5.61. The number of aliphatic imine (C=N–C) groups is 1. The Hall–Kier alpha value is -1.70. The van der Waals surface area contributed by atoms with Crippen molar-refractivity contribution in [1.29, 1.82) is 0 Å². The number of aliphatic hydroxyl groups is 1. The Morgan fingerprint density at radius 1 is 1.27 bits per heavy atom. The monoisotopic (exact) mass is 318 g/mol. The highest BCUT2D eigenvalue weighted by molar-refractivity contribution is 8.18. The summed E-state index contributed by atoms with van der Waals surface area (Å²) >= 11 is 1.41. The highest BCUT2D eigenvalue weighted by Gasteiger charge is 2.28. The lowest BCUT2D eigenvalue weighted by Crippen LogP contribution is -2.48. The van der Waals surface area contributed by atoms with Gasteiger partial charge in [0.15, 0.2) is 5.17 Å². The number of pyridine rings is 1. The fraction of sp³-hybridized carbons (Fsp3) is 0.400. The molecule has 0 saturated carbocycles. The second-order valence-electron chi connectivity index (χ2n) is 5.12. The number of amidine groups is 1. The van der Waals surface area contributed by atoms with Gasteiger partial charge in [-0.2, -0.15) is 4.99 Å². The van der Waals surface area contributed by atoms with Gasteiger partial charge in [0, 0.05) is 38.9 Å². The van der Waals surface area contributed by atoms with Crippen molar-refractivity contribution in [1.82, 2.24) is 14.8 Å². The maximum atomic E-state index is 12.0. The number of carbonyl (C=O) groups is 1. The number of β-amino-alcohol motifs (C(OH)–C–C–N with tert-alkyl or cyclic N) is 1. The number of hydrogen-bond donors (Lipinski definition) is 1. The number of thioether (sulfide) groups is 1. The van der Waals surface area contributed by atoms with Crippen molar-refractivity contribution in [2.24, 2.45) is 4.99 Å². The van der Waals surface area contributed by atoms with E-state index in [-0.39, 0.29) is 12.5 Å². The van der Waals surface area contributed by atoms with E-state index in [1.165, 1.54) is 11.8 Å². The SMILES string of the molecule is O=C1N=C(N2CCN(CCO)CC2)S/C1=C\c1ccccn1. The molecule has 0 spiro atoms.